The van der Waals surface area contributed by atoms with Gasteiger partial charge in [-0.1, -0.05) is 5.16 Å². The lowest BCUT2D eigenvalue weighted by atomic mass is 10.1. The number of aromatic nitrogens is 5. The lowest BCUT2D eigenvalue weighted by molar-refractivity contribution is 0.391. The number of H-pyrrole nitrogens is 1. The molecule has 0 saturated carbocycles. The van der Waals surface area contributed by atoms with Gasteiger partial charge in [0, 0.05) is 23.5 Å². The highest BCUT2D eigenvalue weighted by Gasteiger charge is 2.22. The van der Waals surface area contributed by atoms with Gasteiger partial charge in [-0.15, -0.1) is 0 Å². The third-order valence-corrected chi connectivity index (χ3v) is 3.81. The first-order chi connectivity index (χ1) is 10.1. The van der Waals surface area contributed by atoms with Crippen LogP contribution in [0.5, 0.6) is 0 Å². The fraction of sp³-hybridized carbons (Fsp3) is 0.286. The van der Waals surface area contributed by atoms with Crippen molar-refractivity contribution >= 4 is 12.2 Å². The van der Waals surface area contributed by atoms with Crippen molar-refractivity contribution in [3.05, 3.63) is 46.3 Å². The highest BCUT2D eigenvalue weighted by atomic mass is 32.1. The van der Waals surface area contributed by atoms with Crippen molar-refractivity contribution in [1.82, 2.24) is 24.9 Å². The first kappa shape index (κ1) is 13.7. The van der Waals surface area contributed by atoms with E-state index in [9.17, 15) is 0 Å². The maximum absolute atomic E-state index is 5.38. The van der Waals surface area contributed by atoms with Gasteiger partial charge in [-0.25, -0.2) is 0 Å². The summed E-state index contributed by atoms with van der Waals surface area (Å²) < 4.78 is 7.77. The van der Waals surface area contributed by atoms with Crippen LogP contribution in [0.25, 0.3) is 11.4 Å². The van der Waals surface area contributed by atoms with Crippen molar-refractivity contribution in [2.75, 3.05) is 0 Å². The molecule has 1 unspecified atom stereocenters. The molecule has 7 heteroatoms. The molecule has 0 saturated heterocycles. The van der Waals surface area contributed by atoms with E-state index in [1.165, 1.54) is 0 Å². The molecule has 0 aromatic carbocycles. The molecule has 0 spiro atoms. The van der Waals surface area contributed by atoms with Crippen LogP contribution in [0, 0.1) is 18.6 Å². The van der Waals surface area contributed by atoms with Gasteiger partial charge in [-0.3, -0.25) is 14.6 Å². The average molecular weight is 301 g/mol. The van der Waals surface area contributed by atoms with Crippen molar-refractivity contribution in [2.24, 2.45) is 0 Å². The van der Waals surface area contributed by atoms with Crippen LogP contribution in [0.4, 0.5) is 0 Å². The summed E-state index contributed by atoms with van der Waals surface area (Å²) in [6, 6.07) is 3.80. The molecule has 3 aromatic rings. The summed E-state index contributed by atoms with van der Waals surface area (Å²) in [5.74, 6) is 1.54. The SMILES string of the molecule is Cc1noc(C)c1C(C)n1c(-c2cccnc2)n[nH]c1=S. The van der Waals surface area contributed by atoms with E-state index in [0.717, 1.165) is 28.4 Å². The first-order valence-corrected chi connectivity index (χ1v) is 7.00. The third-order valence-electron chi connectivity index (χ3n) is 3.52. The Bertz CT molecular complexity index is 798. The van der Waals surface area contributed by atoms with Gasteiger partial charge in [0.25, 0.3) is 0 Å². The van der Waals surface area contributed by atoms with Crippen molar-refractivity contribution in [1.29, 1.82) is 0 Å². The Morgan fingerprint density at radius 1 is 1.38 bits per heavy atom. The quantitative estimate of drug-likeness (QED) is 0.752. The summed E-state index contributed by atoms with van der Waals surface area (Å²) in [6.07, 6.45) is 3.49. The van der Waals surface area contributed by atoms with E-state index in [1.54, 1.807) is 12.4 Å². The molecule has 0 aliphatic carbocycles. The highest BCUT2D eigenvalue weighted by molar-refractivity contribution is 7.71. The molecule has 3 aromatic heterocycles. The molecule has 1 N–H and O–H groups in total. The maximum atomic E-state index is 5.38. The van der Waals surface area contributed by atoms with Crippen LogP contribution in [-0.2, 0) is 0 Å². The summed E-state index contributed by atoms with van der Waals surface area (Å²) >= 11 is 5.38. The molecule has 0 aliphatic rings. The van der Waals surface area contributed by atoms with Crippen molar-refractivity contribution in [3.8, 4) is 11.4 Å². The summed E-state index contributed by atoms with van der Waals surface area (Å²) in [4.78, 5) is 4.14. The van der Waals surface area contributed by atoms with Gasteiger partial charge in [-0.05, 0) is 45.1 Å². The van der Waals surface area contributed by atoms with Crippen molar-refractivity contribution < 1.29 is 4.52 Å². The van der Waals surface area contributed by atoms with E-state index < -0.39 is 0 Å². The maximum Gasteiger partial charge on any atom is 0.196 e. The fourth-order valence-electron chi connectivity index (χ4n) is 2.58. The molecule has 21 heavy (non-hydrogen) atoms. The van der Waals surface area contributed by atoms with Gasteiger partial charge < -0.3 is 4.52 Å². The molecule has 108 valence electrons. The Morgan fingerprint density at radius 2 is 2.19 bits per heavy atom. The molecule has 3 rings (SSSR count). The summed E-state index contributed by atoms with van der Waals surface area (Å²) in [5.41, 5.74) is 2.79. The van der Waals surface area contributed by atoms with Crippen LogP contribution >= 0.6 is 12.2 Å². The summed E-state index contributed by atoms with van der Waals surface area (Å²) in [6.45, 7) is 5.88. The number of aromatic amines is 1. The standard InChI is InChI=1S/C14H15N5OS/c1-8-12(10(3)20-18-8)9(2)19-13(16-17-14(19)21)11-5-4-6-15-7-11/h4-7,9H,1-3H3,(H,17,21). The van der Waals surface area contributed by atoms with Crippen LogP contribution in [0.3, 0.4) is 0 Å². The minimum atomic E-state index is -0.0299. The molecular weight excluding hydrogens is 286 g/mol. The first-order valence-electron chi connectivity index (χ1n) is 6.59. The number of pyridine rings is 1. The fourth-order valence-corrected chi connectivity index (χ4v) is 2.87. The van der Waals surface area contributed by atoms with Gasteiger partial charge >= 0.3 is 0 Å². The normalized spacial score (nSPS) is 12.5. The van der Waals surface area contributed by atoms with Gasteiger partial charge in [0.05, 0.1) is 11.7 Å². The summed E-state index contributed by atoms with van der Waals surface area (Å²) in [7, 11) is 0. The second kappa shape index (κ2) is 5.25. The van der Waals surface area contributed by atoms with Crippen LogP contribution < -0.4 is 0 Å². The van der Waals surface area contributed by atoms with Crippen molar-refractivity contribution in [3.63, 3.8) is 0 Å². The molecule has 0 amide bonds. The minimum Gasteiger partial charge on any atom is -0.361 e. The van der Waals surface area contributed by atoms with Gasteiger partial charge in [0.15, 0.2) is 10.6 Å². The smallest absolute Gasteiger partial charge is 0.196 e. The lowest BCUT2D eigenvalue weighted by Gasteiger charge is -2.15. The predicted molar refractivity (Wildman–Crippen MR) is 80.4 cm³/mol. The van der Waals surface area contributed by atoms with E-state index >= 15 is 0 Å². The Labute approximate surface area is 126 Å². The topological polar surface area (TPSA) is 72.5 Å². The Morgan fingerprint density at radius 3 is 2.81 bits per heavy atom. The number of rotatable bonds is 3. The van der Waals surface area contributed by atoms with Gasteiger partial charge in [0.2, 0.25) is 0 Å². The zero-order chi connectivity index (χ0) is 15.0. The number of aryl methyl sites for hydroxylation is 2. The molecule has 0 aliphatic heterocycles. The Balaban J connectivity index is 2.16. The van der Waals surface area contributed by atoms with Gasteiger partial charge in [0.1, 0.15) is 5.76 Å². The Kier molecular flexibility index (Phi) is 3.42. The number of nitrogens with one attached hydrogen (secondary N) is 1. The third kappa shape index (κ3) is 2.29. The lowest BCUT2D eigenvalue weighted by Crippen LogP contribution is -2.10. The molecule has 0 fully saturated rings. The van der Waals surface area contributed by atoms with Crippen LogP contribution in [-0.4, -0.2) is 24.9 Å². The molecular formula is C14H15N5OS. The molecule has 3 heterocycles. The molecule has 0 radical (unpaired) electrons. The van der Waals surface area contributed by atoms with Crippen LogP contribution in [0.1, 0.15) is 30.0 Å². The molecule has 0 bridgehead atoms. The van der Waals surface area contributed by atoms with E-state index in [2.05, 4.69) is 27.3 Å². The zero-order valence-electron chi connectivity index (χ0n) is 12.0. The number of hydrogen-bond acceptors (Lipinski definition) is 5. The number of nitrogens with zero attached hydrogens (tertiary/aromatic N) is 4. The van der Waals surface area contributed by atoms with Crippen LogP contribution in [0.15, 0.2) is 29.0 Å². The van der Waals surface area contributed by atoms with Gasteiger partial charge in [-0.2, -0.15) is 5.10 Å². The largest absolute Gasteiger partial charge is 0.361 e. The molecule has 6 nitrogen and oxygen atoms in total. The van der Waals surface area contributed by atoms with E-state index in [1.807, 2.05) is 30.5 Å². The zero-order valence-corrected chi connectivity index (χ0v) is 12.8. The minimum absolute atomic E-state index is 0.0299. The summed E-state index contributed by atoms with van der Waals surface area (Å²) in [5, 5.41) is 11.2. The number of hydrogen-bond donors (Lipinski definition) is 1. The highest BCUT2D eigenvalue weighted by Crippen LogP contribution is 2.28. The van der Waals surface area contributed by atoms with E-state index in [4.69, 9.17) is 16.7 Å². The van der Waals surface area contributed by atoms with Crippen molar-refractivity contribution in [2.45, 2.75) is 26.8 Å². The monoisotopic (exact) mass is 301 g/mol. The van der Waals surface area contributed by atoms with Crippen LogP contribution in [0.2, 0.25) is 0 Å². The second-order valence-electron chi connectivity index (χ2n) is 4.88. The molecule has 1 atom stereocenters. The second-order valence-corrected chi connectivity index (χ2v) is 5.26. The van der Waals surface area contributed by atoms with E-state index in [-0.39, 0.29) is 6.04 Å². The predicted octanol–water partition coefficient (Wildman–Crippen LogP) is 3.22. The Hall–Kier alpha value is -2.28. The van der Waals surface area contributed by atoms with E-state index in [0.29, 0.717) is 4.77 Å². The average Bonchev–Trinajstić information content (AvgIpc) is 3.02.